The molecular weight excluding hydrogens is 210 g/mol. The summed E-state index contributed by atoms with van der Waals surface area (Å²) in [7, 11) is 0. The van der Waals surface area contributed by atoms with E-state index in [0.29, 0.717) is 17.4 Å². The van der Waals surface area contributed by atoms with E-state index in [1.54, 1.807) is 18.2 Å². The van der Waals surface area contributed by atoms with Gasteiger partial charge in [0, 0.05) is 17.7 Å². The molecule has 2 aromatic rings. The molecule has 0 bridgehead atoms. The zero-order valence-corrected chi connectivity index (χ0v) is 8.12. The number of rotatable bonds is 3. The summed E-state index contributed by atoms with van der Waals surface area (Å²) in [4.78, 5) is 20.6. The average molecular weight is 217 g/mol. The third kappa shape index (κ3) is 1.70. The Labute approximate surface area is 90.5 Å². The number of carbonyl (C=O) groups excluding carboxylic acids is 1. The highest BCUT2D eigenvalue weighted by Gasteiger charge is 2.09. The van der Waals surface area contributed by atoms with E-state index < -0.39 is 4.92 Å². The molecule has 1 heterocycles. The largest absolute Gasteiger partial charge is 0.461 e. The first-order valence-electron chi connectivity index (χ1n) is 4.50. The van der Waals surface area contributed by atoms with Crippen LogP contribution < -0.4 is 0 Å². The van der Waals surface area contributed by atoms with Crippen molar-refractivity contribution in [2.75, 3.05) is 0 Å². The smallest absolute Gasteiger partial charge is 0.269 e. The minimum atomic E-state index is -0.472. The van der Waals surface area contributed by atoms with Gasteiger partial charge in [-0.2, -0.15) is 0 Å². The number of hydrogen-bond acceptors (Lipinski definition) is 4. The summed E-state index contributed by atoms with van der Waals surface area (Å²) in [6.07, 6.45) is 2.01. The number of benzene rings is 1. The predicted molar refractivity (Wildman–Crippen MR) is 56.2 cm³/mol. The fraction of sp³-hybridized carbons (Fsp3) is 0. The van der Waals surface area contributed by atoms with Gasteiger partial charge in [0.2, 0.25) is 0 Å². The SMILES string of the molecule is O=Cc1occc1-c1ccc([N+](=O)[O-])cc1. The Balaban J connectivity index is 2.42. The quantitative estimate of drug-likeness (QED) is 0.450. The molecule has 0 spiro atoms. The first kappa shape index (κ1) is 10.1. The number of carbonyl (C=O) groups is 1. The first-order chi connectivity index (χ1) is 7.72. The molecule has 0 fully saturated rings. The number of nitrogens with zero attached hydrogens (tertiary/aromatic N) is 1. The van der Waals surface area contributed by atoms with E-state index in [9.17, 15) is 14.9 Å². The second-order valence-corrected chi connectivity index (χ2v) is 3.12. The second-order valence-electron chi connectivity index (χ2n) is 3.12. The van der Waals surface area contributed by atoms with Crippen LogP contribution in [0.15, 0.2) is 41.0 Å². The second kappa shape index (κ2) is 3.98. The van der Waals surface area contributed by atoms with Crippen molar-refractivity contribution >= 4 is 12.0 Å². The predicted octanol–water partition coefficient (Wildman–Crippen LogP) is 2.67. The molecule has 5 heteroatoms. The minimum absolute atomic E-state index is 0.0138. The van der Waals surface area contributed by atoms with Crippen LogP contribution in [-0.4, -0.2) is 11.2 Å². The molecule has 0 saturated heterocycles. The van der Waals surface area contributed by atoms with Crippen LogP contribution in [0.4, 0.5) is 5.69 Å². The van der Waals surface area contributed by atoms with Gasteiger partial charge in [-0.15, -0.1) is 0 Å². The summed E-state index contributed by atoms with van der Waals surface area (Å²) < 4.78 is 4.94. The van der Waals surface area contributed by atoms with Crippen molar-refractivity contribution in [2.45, 2.75) is 0 Å². The Hall–Kier alpha value is -2.43. The van der Waals surface area contributed by atoms with Crippen LogP contribution in [0, 0.1) is 10.1 Å². The number of non-ortho nitro benzene ring substituents is 1. The highest BCUT2D eigenvalue weighted by Crippen LogP contribution is 2.25. The zero-order chi connectivity index (χ0) is 11.5. The molecule has 0 aliphatic heterocycles. The molecule has 0 atom stereocenters. The topological polar surface area (TPSA) is 73.3 Å². The van der Waals surface area contributed by atoms with Crippen molar-refractivity contribution in [1.82, 2.24) is 0 Å². The molecule has 5 nitrogen and oxygen atoms in total. The Bertz CT molecular complexity index is 527. The van der Waals surface area contributed by atoms with Crippen molar-refractivity contribution in [3.05, 3.63) is 52.5 Å². The summed E-state index contributed by atoms with van der Waals surface area (Å²) in [5.41, 5.74) is 1.35. The Morgan fingerprint density at radius 2 is 1.88 bits per heavy atom. The van der Waals surface area contributed by atoms with E-state index in [1.807, 2.05) is 0 Å². The van der Waals surface area contributed by atoms with Gasteiger partial charge < -0.3 is 4.42 Å². The maximum absolute atomic E-state index is 10.6. The maximum atomic E-state index is 10.6. The molecule has 0 radical (unpaired) electrons. The van der Waals surface area contributed by atoms with Crippen molar-refractivity contribution in [2.24, 2.45) is 0 Å². The number of furan rings is 1. The van der Waals surface area contributed by atoms with E-state index in [0.717, 1.165) is 0 Å². The molecule has 0 N–H and O–H groups in total. The van der Waals surface area contributed by atoms with Crippen LogP contribution in [0.1, 0.15) is 10.6 Å². The molecule has 0 aliphatic carbocycles. The number of nitro groups is 1. The first-order valence-corrected chi connectivity index (χ1v) is 4.50. The summed E-state index contributed by atoms with van der Waals surface area (Å²) in [5.74, 6) is 0.217. The van der Waals surface area contributed by atoms with Crippen LogP contribution in [0.25, 0.3) is 11.1 Å². The number of aldehydes is 1. The van der Waals surface area contributed by atoms with Crippen molar-refractivity contribution in [3.8, 4) is 11.1 Å². The summed E-state index contributed by atoms with van der Waals surface area (Å²) in [6.45, 7) is 0. The Kier molecular flexibility index (Phi) is 2.51. The molecule has 0 aliphatic rings. The molecule has 0 saturated carbocycles. The third-order valence-corrected chi connectivity index (χ3v) is 2.19. The molecule has 1 aromatic heterocycles. The van der Waals surface area contributed by atoms with Crippen molar-refractivity contribution in [1.29, 1.82) is 0 Å². The molecule has 2 rings (SSSR count). The maximum Gasteiger partial charge on any atom is 0.269 e. The van der Waals surface area contributed by atoms with Gasteiger partial charge in [-0.3, -0.25) is 14.9 Å². The summed E-state index contributed by atoms with van der Waals surface area (Å²) >= 11 is 0. The third-order valence-electron chi connectivity index (χ3n) is 2.19. The molecule has 1 aromatic carbocycles. The molecule has 0 unspecified atom stereocenters. The van der Waals surface area contributed by atoms with Gasteiger partial charge in [0.05, 0.1) is 11.2 Å². The highest BCUT2D eigenvalue weighted by atomic mass is 16.6. The van der Waals surface area contributed by atoms with Crippen LogP contribution in [-0.2, 0) is 0 Å². The zero-order valence-electron chi connectivity index (χ0n) is 8.12. The van der Waals surface area contributed by atoms with E-state index in [-0.39, 0.29) is 11.4 Å². The Morgan fingerprint density at radius 3 is 2.44 bits per heavy atom. The van der Waals surface area contributed by atoms with Gasteiger partial charge in [0.1, 0.15) is 0 Å². The summed E-state index contributed by atoms with van der Waals surface area (Å²) in [5, 5.41) is 10.5. The fourth-order valence-electron chi connectivity index (χ4n) is 1.41. The van der Waals surface area contributed by atoms with Crippen LogP contribution in [0.3, 0.4) is 0 Å². The minimum Gasteiger partial charge on any atom is -0.461 e. The normalized spacial score (nSPS) is 10.0. The lowest BCUT2D eigenvalue weighted by molar-refractivity contribution is -0.384. The molecule has 0 amide bonds. The monoisotopic (exact) mass is 217 g/mol. The van der Waals surface area contributed by atoms with E-state index >= 15 is 0 Å². The van der Waals surface area contributed by atoms with Gasteiger partial charge in [-0.1, -0.05) is 0 Å². The lowest BCUT2D eigenvalue weighted by atomic mass is 10.1. The van der Waals surface area contributed by atoms with Gasteiger partial charge >= 0.3 is 0 Å². The van der Waals surface area contributed by atoms with Crippen molar-refractivity contribution < 1.29 is 14.1 Å². The Morgan fingerprint density at radius 1 is 1.19 bits per heavy atom. The van der Waals surface area contributed by atoms with Gasteiger partial charge in [0.15, 0.2) is 12.0 Å². The molecule has 80 valence electrons. The molecular formula is C11H7NO4. The summed E-state index contributed by atoms with van der Waals surface area (Å²) in [6, 6.07) is 7.57. The van der Waals surface area contributed by atoms with E-state index in [2.05, 4.69) is 0 Å². The molecule has 16 heavy (non-hydrogen) atoms. The van der Waals surface area contributed by atoms with Crippen LogP contribution >= 0.6 is 0 Å². The van der Waals surface area contributed by atoms with Crippen LogP contribution in [0.5, 0.6) is 0 Å². The number of hydrogen-bond donors (Lipinski definition) is 0. The lowest BCUT2D eigenvalue weighted by Gasteiger charge is -1.97. The van der Waals surface area contributed by atoms with Crippen LogP contribution in [0.2, 0.25) is 0 Å². The average Bonchev–Trinajstić information content (AvgIpc) is 2.77. The van der Waals surface area contributed by atoms with Gasteiger partial charge in [-0.05, 0) is 23.8 Å². The standard InChI is InChI=1S/C11H7NO4/c13-7-11-10(5-6-16-11)8-1-3-9(4-2-8)12(14)15/h1-7H. The lowest BCUT2D eigenvalue weighted by Crippen LogP contribution is -1.87. The number of nitro benzene ring substituents is 1. The van der Waals surface area contributed by atoms with E-state index in [4.69, 9.17) is 4.42 Å². The van der Waals surface area contributed by atoms with Gasteiger partial charge in [0.25, 0.3) is 5.69 Å². The van der Waals surface area contributed by atoms with Crippen molar-refractivity contribution in [3.63, 3.8) is 0 Å². The van der Waals surface area contributed by atoms with Gasteiger partial charge in [-0.25, -0.2) is 0 Å². The highest BCUT2D eigenvalue weighted by molar-refractivity contribution is 5.84. The fourth-order valence-corrected chi connectivity index (χ4v) is 1.41. The van der Waals surface area contributed by atoms with E-state index in [1.165, 1.54) is 18.4 Å².